The Morgan fingerprint density at radius 2 is 1.20 bits per heavy atom. The molecule has 4 N–H and O–H groups in total. The monoisotopic (exact) mass is 674 g/mol. The molecule has 2 aliphatic heterocycles. The van der Waals surface area contributed by atoms with Gasteiger partial charge in [-0.1, -0.05) is 0 Å². The summed E-state index contributed by atoms with van der Waals surface area (Å²) in [4.78, 5) is 11.7. The fourth-order valence-corrected chi connectivity index (χ4v) is 7.41. The third-order valence-electron chi connectivity index (χ3n) is 5.42. The number of hydrogen-bond acceptors (Lipinski definition) is 8. The van der Waals surface area contributed by atoms with Gasteiger partial charge < -0.3 is 19.7 Å². The van der Waals surface area contributed by atoms with Crippen molar-refractivity contribution in [2.75, 3.05) is 14.2 Å². The molecule has 164 valence electrons. The summed E-state index contributed by atoms with van der Waals surface area (Å²) in [6, 6.07) is 0. The molecule has 0 aromatic carbocycles. The summed E-state index contributed by atoms with van der Waals surface area (Å²) in [6.07, 6.45) is 2.27. The molecule has 4 rings (SSSR count). The highest BCUT2D eigenvalue weighted by molar-refractivity contribution is 9.12. The first-order valence-corrected chi connectivity index (χ1v) is 12.0. The smallest absolute Gasteiger partial charge is 0.152 e. The second-order valence-corrected chi connectivity index (χ2v) is 10.6. The van der Waals surface area contributed by atoms with Crippen LogP contribution in [0.1, 0.15) is 12.8 Å². The summed E-state index contributed by atoms with van der Waals surface area (Å²) in [6.45, 7) is 0. The first-order valence-electron chi connectivity index (χ1n) is 8.79. The molecule has 8 nitrogen and oxygen atoms in total. The van der Waals surface area contributed by atoms with Gasteiger partial charge in [0.05, 0.1) is 43.5 Å². The second-order valence-electron chi connectivity index (χ2n) is 7.18. The van der Waals surface area contributed by atoms with Gasteiger partial charge in [0.2, 0.25) is 0 Å². The Morgan fingerprint density at radius 3 is 1.53 bits per heavy atom. The average Bonchev–Trinajstić information content (AvgIpc) is 3.31. The number of hydrogen-bond donors (Lipinski definition) is 4. The van der Waals surface area contributed by atoms with E-state index in [0.29, 0.717) is 53.7 Å². The quantitative estimate of drug-likeness (QED) is 0.354. The molecule has 4 atom stereocenters. The SMILES string of the molecule is COC1=C(Br)[C@@H](O)[C@]2(C=C1Br)C/C(=C1\C[C@]3(C=C(Br)C(OC)=C(Br)[C@H]3O)ON1)NO2. The topological polar surface area (TPSA) is 101 Å². The van der Waals surface area contributed by atoms with Gasteiger partial charge in [-0.05, 0) is 75.9 Å². The van der Waals surface area contributed by atoms with Gasteiger partial charge >= 0.3 is 0 Å². The van der Waals surface area contributed by atoms with Crippen LogP contribution in [-0.4, -0.2) is 47.8 Å². The van der Waals surface area contributed by atoms with Gasteiger partial charge in [-0.3, -0.25) is 20.6 Å². The minimum Gasteiger partial charge on any atom is -0.495 e. The van der Waals surface area contributed by atoms with Crippen molar-refractivity contribution in [1.82, 2.24) is 11.0 Å². The molecule has 0 saturated carbocycles. The first kappa shape index (κ1) is 22.8. The van der Waals surface area contributed by atoms with Gasteiger partial charge in [0.15, 0.2) is 11.2 Å². The van der Waals surface area contributed by atoms with Crippen LogP contribution in [0.15, 0.2) is 53.0 Å². The largest absolute Gasteiger partial charge is 0.495 e. The van der Waals surface area contributed by atoms with Crippen molar-refractivity contribution < 1.29 is 29.4 Å². The molecule has 2 heterocycles. The first-order chi connectivity index (χ1) is 14.2. The van der Waals surface area contributed by atoms with Crippen LogP contribution in [0.2, 0.25) is 0 Å². The lowest BCUT2D eigenvalue weighted by molar-refractivity contribution is -0.0809. The number of rotatable bonds is 2. The number of ether oxygens (including phenoxy) is 2. The predicted molar refractivity (Wildman–Crippen MR) is 122 cm³/mol. The lowest BCUT2D eigenvalue weighted by Crippen LogP contribution is -2.43. The van der Waals surface area contributed by atoms with Crippen molar-refractivity contribution in [1.29, 1.82) is 0 Å². The van der Waals surface area contributed by atoms with E-state index >= 15 is 0 Å². The highest BCUT2D eigenvalue weighted by Gasteiger charge is 2.53. The highest BCUT2D eigenvalue weighted by Crippen LogP contribution is 2.48. The Bertz CT molecular complexity index is 871. The number of allylic oxidation sites excluding steroid dienone is 2. The molecule has 2 aliphatic carbocycles. The molecule has 0 bridgehead atoms. The number of methoxy groups -OCH3 is 2. The fourth-order valence-electron chi connectivity index (χ4n) is 3.83. The van der Waals surface area contributed by atoms with Gasteiger partial charge in [0.25, 0.3) is 0 Å². The van der Waals surface area contributed by atoms with Crippen LogP contribution in [0.25, 0.3) is 0 Å². The van der Waals surface area contributed by atoms with E-state index in [2.05, 4.69) is 74.7 Å². The molecule has 2 spiro atoms. The molecule has 0 aromatic heterocycles. The number of aliphatic hydroxyl groups excluding tert-OH is 2. The summed E-state index contributed by atoms with van der Waals surface area (Å²) < 4.78 is 12.9. The molecule has 2 fully saturated rings. The Labute approximate surface area is 206 Å². The number of nitrogens with one attached hydrogen (secondary N) is 2. The molecular weight excluding hydrogens is 660 g/mol. The van der Waals surface area contributed by atoms with Gasteiger partial charge in [-0.15, -0.1) is 0 Å². The molecular formula is C18H18Br4N2O6. The minimum absolute atomic E-state index is 0.346. The zero-order valence-corrected chi connectivity index (χ0v) is 22.1. The van der Waals surface area contributed by atoms with E-state index in [1.165, 1.54) is 14.2 Å². The van der Waals surface area contributed by atoms with E-state index < -0.39 is 23.4 Å². The maximum Gasteiger partial charge on any atom is 0.152 e. The second kappa shape index (κ2) is 8.22. The molecule has 30 heavy (non-hydrogen) atoms. The van der Waals surface area contributed by atoms with Gasteiger partial charge in [-0.2, -0.15) is 0 Å². The van der Waals surface area contributed by atoms with Gasteiger partial charge in [0.1, 0.15) is 23.7 Å². The fraction of sp³-hybridized carbons (Fsp3) is 0.444. The van der Waals surface area contributed by atoms with Crippen LogP contribution in [-0.2, 0) is 19.1 Å². The number of halogens is 4. The molecule has 12 heteroatoms. The Hall–Kier alpha value is -0.340. The summed E-state index contributed by atoms with van der Waals surface area (Å²) in [7, 11) is 3.05. The number of hydroxylamine groups is 2. The molecule has 0 radical (unpaired) electrons. The zero-order valence-electron chi connectivity index (χ0n) is 15.8. The molecule has 4 aliphatic rings. The van der Waals surface area contributed by atoms with E-state index in [-0.39, 0.29) is 0 Å². The van der Waals surface area contributed by atoms with Gasteiger partial charge in [0, 0.05) is 12.8 Å². The van der Waals surface area contributed by atoms with Crippen molar-refractivity contribution in [2.24, 2.45) is 0 Å². The predicted octanol–water partition coefficient (Wildman–Crippen LogP) is 3.34. The van der Waals surface area contributed by atoms with Gasteiger partial charge in [-0.25, -0.2) is 0 Å². The van der Waals surface area contributed by atoms with E-state index in [4.69, 9.17) is 19.1 Å². The van der Waals surface area contributed by atoms with Crippen molar-refractivity contribution >= 4 is 63.7 Å². The van der Waals surface area contributed by atoms with Crippen LogP contribution < -0.4 is 11.0 Å². The van der Waals surface area contributed by atoms with Crippen LogP contribution in [0.4, 0.5) is 0 Å². The van der Waals surface area contributed by atoms with Crippen molar-refractivity contribution in [3.63, 3.8) is 0 Å². The van der Waals surface area contributed by atoms with E-state index in [1.807, 2.05) is 0 Å². The van der Waals surface area contributed by atoms with Crippen molar-refractivity contribution in [2.45, 2.75) is 36.3 Å². The average molecular weight is 678 g/mol. The maximum absolute atomic E-state index is 10.8. The van der Waals surface area contributed by atoms with Crippen LogP contribution in [0.3, 0.4) is 0 Å². The van der Waals surface area contributed by atoms with Crippen LogP contribution >= 0.6 is 63.7 Å². The lowest BCUT2D eigenvalue weighted by atomic mass is 9.85. The Morgan fingerprint density at radius 1 is 0.833 bits per heavy atom. The lowest BCUT2D eigenvalue weighted by Gasteiger charge is -2.33. The summed E-state index contributed by atoms with van der Waals surface area (Å²) in [5.74, 6) is 1.01. The summed E-state index contributed by atoms with van der Waals surface area (Å²) in [5, 5.41) is 21.7. The standard InChI is InChI=1S/C18H18Br4N2O6/c1-27-13-7(19)3-17(15(25)11(13)21)5-9(23-29-17)10-6-18(30-24-10)4-8(20)14(28-2)12(22)16(18)26/h3-4,15-16,23-26H,5-6H2,1-2H3/b10-9-/t15-,16-,17+,18+/m1/s1. The van der Waals surface area contributed by atoms with E-state index in [0.717, 1.165) is 0 Å². The third-order valence-corrected chi connectivity index (χ3v) is 8.19. The molecule has 0 aromatic rings. The highest BCUT2D eigenvalue weighted by atomic mass is 79.9. The molecule has 0 unspecified atom stereocenters. The van der Waals surface area contributed by atoms with Crippen molar-refractivity contribution in [3.05, 3.63) is 53.0 Å². The maximum atomic E-state index is 10.8. The Kier molecular flexibility index (Phi) is 6.26. The third kappa shape index (κ3) is 3.43. The Balaban J connectivity index is 1.61. The molecule has 0 amide bonds. The van der Waals surface area contributed by atoms with E-state index in [9.17, 15) is 10.2 Å². The summed E-state index contributed by atoms with van der Waals surface area (Å²) in [5.41, 5.74) is 5.15. The minimum atomic E-state index is -1.04. The zero-order chi connectivity index (χ0) is 21.8. The van der Waals surface area contributed by atoms with Crippen LogP contribution in [0.5, 0.6) is 0 Å². The number of aliphatic hydroxyl groups is 2. The van der Waals surface area contributed by atoms with E-state index in [1.54, 1.807) is 12.2 Å². The summed E-state index contributed by atoms with van der Waals surface area (Å²) >= 11 is 13.7. The van der Waals surface area contributed by atoms with Crippen molar-refractivity contribution in [3.8, 4) is 0 Å². The molecule has 2 saturated heterocycles. The van der Waals surface area contributed by atoms with Crippen LogP contribution in [0, 0.1) is 0 Å². The normalized spacial score (nSPS) is 38.7.